The Kier molecular flexibility index (Phi) is 4.31. The molecule has 2 aromatic rings. The number of aryl methyl sites for hydroxylation is 1. The van der Waals surface area contributed by atoms with Crippen molar-refractivity contribution in [2.24, 2.45) is 7.05 Å². The maximum atomic E-state index is 12.4. The average molecular weight is 305 g/mol. The van der Waals surface area contributed by atoms with Gasteiger partial charge >= 0.3 is 0 Å². The van der Waals surface area contributed by atoms with Gasteiger partial charge in [-0.15, -0.1) is 5.10 Å². The van der Waals surface area contributed by atoms with Crippen LogP contribution in [0.1, 0.15) is 22.5 Å². The molecule has 6 nitrogen and oxygen atoms in total. The molecule has 0 atom stereocenters. The summed E-state index contributed by atoms with van der Waals surface area (Å²) in [6.45, 7) is 4.27. The Balaban J connectivity index is 1.58. The molecule has 1 fully saturated rings. The third-order valence-electron chi connectivity index (χ3n) is 3.68. The lowest BCUT2D eigenvalue weighted by Gasteiger charge is -2.21. The standard InChI is InChI=1S/C14H19N5OS/c1-17-9-13(15-16-17)10-18-4-2-5-19(7-6-18)14(20)12-3-8-21-11-12/h3,8-9,11H,2,4-7,10H2,1H3. The third kappa shape index (κ3) is 3.48. The second kappa shape index (κ2) is 6.36. The zero-order valence-electron chi connectivity index (χ0n) is 12.1. The average Bonchev–Trinajstić information content (AvgIpc) is 3.08. The highest BCUT2D eigenvalue weighted by Gasteiger charge is 2.20. The first-order valence-electron chi connectivity index (χ1n) is 7.11. The fourth-order valence-corrected chi connectivity index (χ4v) is 3.23. The van der Waals surface area contributed by atoms with Crippen LogP contribution in [0.5, 0.6) is 0 Å². The lowest BCUT2D eigenvalue weighted by Crippen LogP contribution is -2.34. The van der Waals surface area contributed by atoms with Crippen LogP contribution >= 0.6 is 11.3 Å². The minimum Gasteiger partial charge on any atom is -0.337 e. The van der Waals surface area contributed by atoms with Crippen molar-refractivity contribution >= 4 is 17.2 Å². The SMILES string of the molecule is Cn1cc(CN2CCCN(C(=O)c3ccsc3)CC2)nn1. The molecule has 1 aliphatic heterocycles. The van der Waals surface area contributed by atoms with Crippen LogP contribution in [0.2, 0.25) is 0 Å². The van der Waals surface area contributed by atoms with Crippen molar-refractivity contribution in [3.8, 4) is 0 Å². The smallest absolute Gasteiger partial charge is 0.254 e. The summed E-state index contributed by atoms with van der Waals surface area (Å²) < 4.78 is 1.72. The molecular formula is C14H19N5OS. The highest BCUT2D eigenvalue weighted by Crippen LogP contribution is 2.13. The fraction of sp³-hybridized carbons (Fsp3) is 0.500. The Labute approximate surface area is 128 Å². The van der Waals surface area contributed by atoms with Crippen LogP contribution in [0.4, 0.5) is 0 Å². The summed E-state index contributed by atoms with van der Waals surface area (Å²) in [7, 11) is 1.88. The first kappa shape index (κ1) is 14.2. The summed E-state index contributed by atoms with van der Waals surface area (Å²) in [4.78, 5) is 16.7. The van der Waals surface area contributed by atoms with Crippen LogP contribution in [0.15, 0.2) is 23.0 Å². The Morgan fingerprint density at radius 1 is 1.33 bits per heavy atom. The highest BCUT2D eigenvalue weighted by molar-refractivity contribution is 7.08. The molecular weight excluding hydrogens is 286 g/mol. The van der Waals surface area contributed by atoms with E-state index >= 15 is 0 Å². The maximum absolute atomic E-state index is 12.4. The van der Waals surface area contributed by atoms with Crippen molar-refractivity contribution in [1.29, 1.82) is 0 Å². The summed E-state index contributed by atoms with van der Waals surface area (Å²) >= 11 is 1.57. The minimum atomic E-state index is 0.151. The Bertz CT molecular complexity index is 594. The molecule has 3 heterocycles. The molecule has 1 aliphatic rings. The molecule has 112 valence electrons. The van der Waals surface area contributed by atoms with Crippen molar-refractivity contribution < 1.29 is 4.79 Å². The predicted octanol–water partition coefficient (Wildman–Crippen LogP) is 1.22. The molecule has 0 radical (unpaired) electrons. The molecule has 7 heteroatoms. The first-order chi connectivity index (χ1) is 10.2. The number of carbonyl (C=O) groups is 1. The number of aromatic nitrogens is 3. The van der Waals surface area contributed by atoms with Crippen LogP contribution in [0, 0.1) is 0 Å². The van der Waals surface area contributed by atoms with E-state index in [4.69, 9.17) is 0 Å². The Morgan fingerprint density at radius 2 is 2.24 bits per heavy atom. The van der Waals surface area contributed by atoms with Gasteiger partial charge in [0.15, 0.2) is 0 Å². The molecule has 3 rings (SSSR count). The molecule has 0 saturated carbocycles. The highest BCUT2D eigenvalue weighted by atomic mass is 32.1. The largest absolute Gasteiger partial charge is 0.337 e. The summed E-state index contributed by atoms with van der Waals surface area (Å²) in [6.07, 6.45) is 2.94. The fourth-order valence-electron chi connectivity index (χ4n) is 2.60. The van der Waals surface area contributed by atoms with E-state index in [-0.39, 0.29) is 5.91 Å². The lowest BCUT2D eigenvalue weighted by molar-refractivity contribution is 0.0761. The van der Waals surface area contributed by atoms with E-state index in [2.05, 4.69) is 15.2 Å². The topological polar surface area (TPSA) is 54.3 Å². The molecule has 0 spiro atoms. The number of hydrogen-bond acceptors (Lipinski definition) is 5. The molecule has 0 aliphatic carbocycles. The number of rotatable bonds is 3. The molecule has 0 unspecified atom stereocenters. The molecule has 0 N–H and O–H groups in total. The van der Waals surface area contributed by atoms with Crippen LogP contribution in [-0.4, -0.2) is 56.9 Å². The van der Waals surface area contributed by atoms with Gasteiger partial charge in [-0.25, -0.2) is 0 Å². The Morgan fingerprint density at radius 3 is 2.95 bits per heavy atom. The van der Waals surface area contributed by atoms with Crippen molar-refractivity contribution in [3.63, 3.8) is 0 Å². The molecule has 0 aromatic carbocycles. The van der Waals surface area contributed by atoms with Crippen LogP contribution in [0.3, 0.4) is 0 Å². The monoisotopic (exact) mass is 305 g/mol. The second-order valence-electron chi connectivity index (χ2n) is 5.32. The van der Waals surface area contributed by atoms with Gasteiger partial charge in [0.1, 0.15) is 0 Å². The van der Waals surface area contributed by atoms with Gasteiger partial charge in [-0.2, -0.15) is 11.3 Å². The van der Waals surface area contributed by atoms with E-state index < -0.39 is 0 Å². The van der Waals surface area contributed by atoms with E-state index in [1.165, 1.54) is 0 Å². The number of nitrogens with zero attached hydrogens (tertiary/aromatic N) is 5. The van der Waals surface area contributed by atoms with Crippen LogP contribution < -0.4 is 0 Å². The van der Waals surface area contributed by atoms with Gasteiger partial charge in [0, 0.05) is 51.3 Å². The van der Waals surface area contributed by atoms with Gasteiger partial charge in [-0.3, -0.25) is 14.4 Å². The number of hydrogen-bond donors (Lipinski definition) is 0. The zero-order valence-corrected chi connectivity index (χ0v) is 12.9. The minimum absolute atomic E-state index is 0.151. The summed E-state index contributed by atoms with van der Waals surface area (Å²) in [6, 6.07) is 1.90. The van der Waals surface area contributed by atoms with E-state index in [1.54, 1.807) is 16.0 Å². The summed E-state index contributed by atoms with van der Waals surface area (Å²) in [5, 5.41) is 12.0. The van der Waals surface area contributed by atoms with E-state index in [9.17, 15) is 4.79 Å². The van der Waals surface area contributed by atoms with Crippen molar-refractivity contribution in [2.45, 2.75) is 13.0 Å². The zero-order chi connectivity index (χ0) is 14.7. The number of amides is 1. The quantitative estimate of drug-likeness (QED) is 0.856. The molecule has 1 saturated heterocycles. The van der Waals surface area contributed by atoms with Gasteiger partial charge in [0.25, 0.3) is 5.91 Å². The van der Waals surface area contributed by atoms with Gasteiger partial charge in [0.2, 0.25) is 0 Å². The van der Waals surface area contributed by atoms with E-state index in [1.807, 2.05) is 35.0 Å². The normalized spacial score (nSPS) is 16.9. The first-order valence-corrected chi connectivity index (χ1v) is 8.06. The number of thiophene rings is 1. The van der Waals surface area contributed by atoms with Crippen molar-refractivity contribution in [2.75, 3.05) is 26.2 Å². The second-order valence-corrected chi connectivity index (χ2v) is 6.10. The van der Waals surface area contributed by atoms with Gasteiger partial charge < -0.3 is 4.90 Å². The van der Waals surface area contributed by atoms with Gasteiger partial charge in [-0.05, 0) is 17.9 Å². The van der Waals surface area contributed by atoms with Crippen molar-refractivity contribution in [3.05, 3.63) is 34.3 Å². The van der Waals surface area contributed by atoms with Gasteiger partial charge in [0.05, 0.1) is 11.3 Å². The predicted molar refractivity (Wildman–Crippen MR) is 81.1 cm³/mol. The van der Waals surface area contributed by atoms with E-state index in [0.29, 0.717) is 0 Å². The maximum Gasteiger partial charge on any atom is 0.254 e. The van der Waals surface area contributed by atoms with Crippen LogP contribution in [0.25, 0.3) is 0 Å². The number of carbonyl (C=O) groups excluding carboxylic acids is 1. The van der Waals surface area contributed by atoms with Crippen molar-refractivity contribution in [1.82, 2.24) is 24.8 Å². The summed E-state index contributed by atoms with van der Waals surface area (Å²) in [5.41, 5.74) is 1.79. The third-order valence-corrected chi connectivity index (χ3v) is 4.36. The van der Waals surface area contributed by atoms with Crippen LogP contribution in [-0.2, 0) is 13.6 Å². The lowest BCUT2D eigenvalue weighted by atomic mass is 10.3. The Hall–Kier alpha value is -1.73. The summed E-state index contributed by atoms with van der Waals surface area (Å²) in [5.74, 6) is 0.151. The van der Waals surface area contributed by atoms with E-state index in [0.717, 1.165) is 50.4 Å². The molecule has 1 amide bonds. The molecule has 0 bridgehead atoms. The molecule has 21 heavy (non-hydrogen) atoms. The molecule has 2 aromatic heterocycles. The van der Waals surface area contributed by atoms with Gasteiger partial charge in [-0.1, -0.05) is 5.21 Å².